The van der Waals surface area contributed by atoms with Crippen molar-refractivity contribution in [3.63, 3.8) is 0 Å². The van der Waals surface area contributed by atoms with Crippen molar-refractivity contribution in [1.82, 2.24) is 0 Å². The summed E-state index contributed by atoms with van der Waals surface area (Å²) in [5.74, 6) is 0. The Balaban J connectivity index is 2.36. The van der Waals surface area contributed by atoms with Gasteiger partial charge in [-0.3, -0.25) is 0 Å². The van der Waals surface area contributed by atoms with Crippen molar-refractivity contribution in [2.45, 2.75) is 32.6 Å². The first kappa shape index (κ1) is 10.9. The highest BCUT2D eigenvalue weighted by molar-refractivity contribution is 5.79. The molecule has 0 spiro atoms. The standard InChI is InChI=1S/C14H16O2/c1-2-3-4-6-11-7-5-8-12-9-10-13(15)16-14(11)12/h5,7-10H,2-4,6H2,1H3. The van der Waals surface area contributed by atoms with E-state index in [4.69, 9.17) is 4.42 Å². The number of hydrogen-bond acceptors (Lipinski definition) is 2. The summed E-state index contributed by atoms with van der Waals surface area (Å²) in [7, 11) is 0. The smallest absolute Gasteiger partial charge is 0.336 e. The Kier molecular flexibility index (Phi) is 3.40. The number of benzene rings is 1. The van der Waals surface area contributed by atoms with Crippen LogP contribution >= 0.6 is 0 Å². The number of fused-ring (bicyclic) bond motifs is 1. The van der Waals surface area contributed by atoms with Crippen LogP contribution in [-0.4, -0.2) is 0 Å². The van der Waals surface area contributed by atoms with Crippen molar-refractivity contribution >= 4 is 11.0 Å². The summed E-state index contributed by atoms with van der Waals surface area (Å²) >= 11 is 0. The summed E-state index contributed by atoms with van der Waals surface area (Å²) in [5, 5.41) is 1.01. The van der Waals surface area contributed by atoms with Crippen LogP contribution in [-0.2, 0) is 6.42 Å². The van der Waals surface area contributed by atoms with Crippen LogP contribution in [0.15, 0.2) is 39.5 Å². The fourth-order valence-electron chi connectivity index (χ4n) is 1.92. The molecule has 0 amide bonds. The van der Waals surface area contributed by atoms with Crippen LogP contribution in [0, 0.1) is 0 Å². The summed E-state index contributed by atoms with van der Waals surface area (Å²) in [6, 6.07) is 9.33. The van der Waals surface area contributed by atoms with E-state index in [1.54, 1.807) is 0 Å². The van der Waals surface area contributed by atoms with Crippen molar-refractivity contribution in [1.29, 1.82) is 0 Å². The zero-order chi connectivity index (χ0) is 11.4. The van der Waals surface area contributed by atoms with Crippen molar-refractivity contribution in [2.24, 2.45) is 0 Å². The van der Waals surface area contributed by atoms with E-state index in [-0.39, 0.29) is 5.63 Å². The highest BCUT2D eigenvalue weighted by Gasteiger charge is 2.03. The molecule has 1 aromatic heterocycles. The van der Waals surface area contributed by atoms with Crippen LogP contribution in [0.5, 0.6) is 0 Å². The molecular formula is C14H16O2. The third kappa shape index (κ3) is 2.32. The SMILES string of the molecule is CCCCCc1cccc2ccc(=O)oc12. The van der Waals surface area contributed by atoms with Gasteiger partial charge in [0, 0.05) is 11.5 Å². The van der Waals surface area contributed by atoms with Crippen LogP contribution in [0.2, 0.25) is 0 Å². The minimum absolute atomic E-state index is 0.268. The largest absolute Gasteiger partial charge is 0.422 e. The molecule has 2 aromatic rings. The third-order valence-electron chi connectivity index (χ3n) is 2.78. The van der Waals surface area contributed by atoms with Gasteiger partial charge in [-0.1, -0.05) is 38.0 Å². The van der Waals surface area contributed by atoms with Gasteiger partial charge in [0.15, 0.2) is 0 Å². The number of hydrogen-bond donors (Lipinski definition) is 0. The molecule has 0 N–H and O–H groups in total. The predicted molar refractivity (Wildman–Crippen MR) is 65.7 cm³/mol. The van der Waals surface area contributed by atoms with Gasteiger partial charge in [0.1, 0.15) is 5.58 Å². The molecule has 0 bridgehead atoms. The molecule has 16 heavy (non-hydrogen) atoms. The molecule has 0 radical (unpaired) electrons. The van der Waals surface area contributed by atoms with Crippen molar-refractivity contribution in [2.75, 3.05) is 0 Å². The van der Waals surface area contributed by atoms with Gasteiger partial charge < -0.3 is 4.42 Å². The van der Waals surface area contributed by atoms with E-state index in [2.05, 4.69) is 6.92 Å². The second-order valence-electron chi connectivity index (χ2n) is 4.05. The van der Waals surface area contributed by atoms with Crippen molar-refractivity contribution in [3.05, 3.63) is 46.3 Å². The maximum Gasteiger partial charge on any atom is 0.336 e. The molecule has 2 heteroatoms. The minimum atomic E-state index is -0.268. The first-order valence-electron chi connectivity index (χ1n) is 5.83. The van der Waals surface area contributed by atoms with Crippen LogP contribution in [0.4, 0.5) is 0 Å². The average Bonchev–Trinajstić information content (AvgIpc) is 2.30. The van der Waals surface area contributed by atoms with Crippen LogP contribution in [0.1, 0.15) is 31.7 Å². The first-order valence-corrected chi connectivity index (χ1v) is 5.83. The Morgan fingerprint density at radius 3 is 2.81 bits per heavy atom. The van der Waals surface area contributed by atoms with Gasteiger partial charge in [-0.2, -0.15) is 0 Å². The molecule has 0 fully saturated rings. The van der Waals surface area contributed by atoms with Gasteiger partial charge in [-0.05, 0) is 24.5 Å². The molecule has 0 aliphatic rings. The van der Waals surface area contributed by atoms with Gasteiger partial charge in [0.2, 0.25) is 0 Å². The summed E-state index contributed by atoms with van der Waals surface area (Å²) in [5.41, 5.74) is 1.63. The normalized spacial score (nSPS) is 10.8. The van der Waals surface area contributed by atoms with Gasteiger partial charge in [-0.25, -0.2) is 4.79 Å². The quantitative estimate of drug-likeness (QED) is 0.578. The Hall–Kier alpha value is -1.57. The van der Waals surface area contributed by atoms with Crippen molar-refractivity contribution < 1.29 is 4.42 Å². The molecule has 0 aliphatic heterocycles. The second kappa shape index (κ2) is 4.97. The molecule has 0 atom stereocenters. The van der Waals surface area contributed by atoms with E-state index in [1.807, 2.05) is 24.3 Å². The van der Waals surface area contributed by atoms with Gasteiger partial charge in [-0.15, -0.1) is 0 Å². The summed E-state index contributed by atoms with van der Waals surface area (Å²) in [4.78, 5) is 11.2. The lowest BCUT2D eigenvalue weighted by Crippen LogP contribution is -1.97. The second-order valence-corrected chi connectivity index (χ2v) is 4.05. The molecule has 0 saturated carbocycles. The van der Waals surface area contributed by atoms with Crippen LogP contribution in [0.3, 0.4) is 0 Å². The number of para-hydroxylation sites is 1. The molecule has 84 valence electrons. The third-order valence-corrected chi connectivity index (χ3v) is 2.78. The molecule has 0 unspecified atom stereocenters. The molecular weight excluding hydrogens is 200 g/mol. The van der Waals surface area contributed by atoms with Gasteiger partial charge in [0.25, 0.3) is 0 Å². The van der Waals surface area contributed by atoms with E-state index >= 15 is 0 Å². The van der Waals surface area contributed by atoms with E-state index < -0.39 is 0 Å². The summed E-state index contributed by atoms with van der Waals surface area (Å²) in [6.07, 6.45) is 4.55. The molecule has 1 aromatic carbocycles. The van der Waals surface area contributed by atoms with Crippen LogP contribution < -0.4 is 5.63 Å². The highest BCUT2D eigenvalue weighted by atomic mass is 16.4. The van der Waals surface area contributed by atoms with Gasteiger partial charge in [0.05, 0.1) is 0 Å². The summed E-state index contributed by atoms with van der Waals surface area (Å²) < 4.78 is 5.27. The molecule has 0 saturated heterocycles. The fourth-order valence-corrected chi connectivity index (χ4v) is 1.92. The van der Waals surface area contributed by atoms with E-state index in [1.165, 1.54) is 18.9 Å². The fraction of sp³-hybridized carbons (Fsp3) is 0.357. The zero-order valence-electron chi connectivity index (χ0n) is 9.53. The predicted octanol–water partition coefficient (Wildman–Crippen LogP) is 3.53. The Bertz CT molecular complexity index is 525. The Labute approximate surface area is 94.9 Å². The molecule has 2 nitrogen and oxygen atoms in total. The van der Waals surface area contributed by atoms with Gasteiger partial charge >= 0.3 is 5.63 Å². The molecule has 2 rings (SSSR count). The number of rotatable bonds is 4. The van der Waals surface area contributed by atoms with E-state index in [9.17, 15) is 4.79 Å². The maximum atomic E-state index is 11.2. The van der Waals surface area contributed by atoms with E-state index in [0.717, 1.165) is 29.4 Å². The Morgan fingerprint density at radius 1 is 1.12 bits per heavy atom. The lowest BCUT2D eigenvalue weighted by molar-refractivity contribution is 0.555. The van der Waals surface area contributed by atoms with Crippen molar-refractivity contribution in [3.8, 4) is 0 Å². The number of aryl methyl sites for hydroxylation is 1. The monoisotopic (exact) mass is 216 g/mol. The summed E-state index contributed by atoms with van der Waals surface area (Å²) in [6.45, 7) is 2.18. The molecule has 1 heterocycles. The Morgan fingerprint density at radius 2 is 2.00 bits per heavy atom. The number of unbranched alkanes of at least 4 members (excludes halogenated alkanes) is 2. The first-order chi connectivity index (χ1) is 7.81. The molecule has 0 aliphatic carbocycles. The minimum Gasteiger partial charge on any atom is -0.422 e. The lowest BCUT2D eigenvalue weighted by atomic mass is 10.0. The highest BCUT2D eigenvalue weighted by Crippen LogP contribution is 2.18. The van der Waals surface area contributed by atoms with E-state index in [0.29, 0.717) is 0 Å². The maximum absolute atomic E-state index is 11.2. The topological polar surface area (TPSA) is 30.2 Å². The zero-order valence-corrected chi connectivity index (χ0v) is 9.53. The lowest BCUT2D eigenvalue weighted by Gasteiger charge is -2.03. The average molecular weight is 216 g/mol. The van der Waals surface area contributed by atoms with Crippen LogP contribution in [0.25, 0.3) is 11.0 Å².